The average molecular weight is 552 g/mol. The zero-order valence-electron chi connectivity index (χ0n) is 25.8. The first kappa shape index (κ1) is 33.7. The summed E-state index contributed by atoms with van der Waals surface area (Å²) in [5.74, 6) is 0.537. The van der Waals surface area contributed by atoms with Gasteiger partial charge in [0.05, 0.1) is 13.2 Å². The molecule has 1 N–H and O–H groups in total. The van der Waals surface area contributed by atoms with Crippen LogP contribution in [0.3, 0.4) is 0 Å². The lowest BCUT2D eigenvalue weighted by molar-refractivity contribution is -0.156. The van der Waals surface area contributed by atoms with Gasteiger partial charge in [0, 0.05) is 19.5 Å². The topological polar surface area (TPSA) is 66.8 Å². The molecule has 1 heterocycles. The SMILES string of the molecule is C=C(/C=C\C=C/CCC(O)(CC)C(=O)N1CCOCC1)/C(C)=C(C(=C/CCC(C)=O)/C(C)=C\C)\C1CCCCC1. The fourth-order valence-corrected chi connectivity index (χ4v) is 5.64. The number of Topliss-reactive ketones (excluding diaryl/α,β-unsaturated/α-hetero) is 1. The van der Waals surface area contributed by atoms with Gasteiger partial charge in [-0.2, -0.15) is 0 Å². The van der Waals surface area contributed by atoms with Gasteiger partial charge >= 0.3 is 0 Å². The molecule has 2 rings (SSSR count). The van der Waals surface area contributed by atoms with E-state index in [9.17, 15) is 14.7 Å². The highest BCUT2D eigenvalue weighted by molar-refractivity contribution is 5.85. The molecule has 1 saturated heterocycles. The second-order valence-electron chi connectivity index (χ2n) is 11.3. The molecule has 0 aromatic heterocycles. The summed E-state index contributed by atoms with van der Waals surface area (Å²) in [6.45, 7) is 16.5. The van der Waals surface area contributed by atoms with Gasteiger partial charge < -0.3 is 19.5 Å². The molecule has 1 aliphatic carbocycles. The van der Waals surface area contributed by atoms with E-state index < -0.39 is 5.60 Å². The third kappa shape index (κ3) is 10.2. The third-order valence-corrected chi connectivity index (χ3v) is 8.44. The number of hydrogen-bond acceptors (Lipinski definition) is 4. The molecule has 1 amide bonds. The first-order valence-electron chi connectivity index (χ1n) is 15.3. The maximum atomic E-state index is 12.9. The highest BCUT2D eigenvalue weighted by Gasteiger charge is 2.37. The minimum Gasteiger partial charge on any atom is -0.380 e. The van der Waals surface area contributed by atoms with Crippen LogP contribution >= 0.6 is 0 Å². The molecule has 5 heteroatoms. The van der Waals surface area contributed by atoms with Crippen molar-refractivity contribution < 1.29 is 19.4 Å². The Kier molecular flexibility index (Phi) is 14.6. The third-order valence-electron chi connectivity index (χ3n) is 8.44. The van der Waals surface area contributed by atoms with Crippen molar-refractivity contribution in [3.8, 4) is 0 Å². The molecule has 0 bridgehead atoms. The number of rotatable bonds is 14. The Balaban J connectivity index is 2.16. The van der Waals surface area contributed by atoms with E-state index in [0.29, 0.717) is 57.9 Å². The maximum Gasteiger partial charge on any atom is 0.254 e. The van der Waals surface area contributed by atoms with Gasteiger partial charge in [0.1, 0.15) is 11.4 Å². The quantitative estimate of drug-likeness (QED) is 0.226. The van der Waals surface area contributed by atoms with Crippen molar-refractivity contribution in [2.45, 2.75) is 104 Å². The highest BCUT2D eigenvalue weighted by Crippen LogP contribution is 2.39. The van der Waals surface area contributed by atoms with Gasteiger partial charge in [0.25, 0.3) is 5.91 Å². The number of ether oxygens (including phenoxy) is 1. The van der Waals surface area contributed by atoms with E-state index in [1.165, 1.54) is 54.4 Å². The largest absolute Gasteiger partial charge is 0.380 e. The van der Waals surface area contributed by atoms with Gasteiger partial charge in [-0.05, 0) is 100 Å². The van der Waals surface area contributed by atoms with Gasteiger partial charge in [-0.25, -0.2) is 0 Å². The molecule has 0 aromatic rings. The molecule has 1 unspecified atom stereocenters. The van der Waals surface area contributed by atoms with Crippen LogP contribution in [0.4, 0.5) is 0 Å². The van der Waals surface area contributed by atoms with Crippen molar-refractivity contribution in [3.05, 3.63) is 70.9 Å². The van der Waals surface area contributed by atoms with Gasteiger partial charge in [0.2, 0.25) is 0 Å². The average Bonchev–Trinajstić information content (AvgIpc) is 2.97. The van der Waals surface area contributed by atoms with Crippen LogP contribution in [0.2, 0.25) is 0 Å². The molecule has 2 fully saturated rings. The number of aliphatic hydroxyl groups is 1. The first-order valence-corrected chi connectivity index (χ1v) is 15.3. The Morgan fingerprint density at radius 2 is 1.73 bits per heavy atom. The summed E-state index contributed by atoms with van der Waals surface area (Å²) in [6.07, 6.45) is 21.4. The number of allylic oxidation sites excluding steroid dienone is 11. The number of ketones is 1. The fourth-order valence-electron chi connectivity index (χ4n) is 5.64. The van der Waals surface area contributed by atoms with E-state index in [1.807, 2.05) is 25.2 Å². The van der Waals surface area contributed by atoms with E-state index in [-0.39, 0.29) is 11.7 Å². The van der Waals surface area contributed by atoms with E-state index >= 15 is 0 Å². The second kappa shape index (κ2) is 17.3. The van der Waals surface area contributed by atoms with Crippen molar-refractivity contribution in [1.82, 2.24) is 4.90 Å². The molecule has 1 atom stereocenters. The number of morpholine rings is 1. The maximum absolute atomic E-state index is 12.9. The minimum absolute atomic E-state index is 0.185. The predicted octanol–water partition coefficient (Wildman–Crippen LogP) is 7.59. The smallest absolute Gasteiger partial charge is 0.254 e. The second-order valence-corrected chi connectivity index (χ2v) is 11.3. The zero-order valence-corrected chi connectivity index (χ0v) is 25.8. The molecule has 0 radical (unpaired) electrons. The van der Waals surface area contributed by atoms with Gasteiger partial charge in [0.15, 0.2) is 0 Å². The van der Waals surface area contributed by atoms with Crippen molar-refractivity contribution >= 4 is 11.7 Å². The van der Waals surface area contributed by atoms with Gasteiger partial charge in [-0.3, -0.25) is 4.79 Å². The van der Waals surface area contributed by atoms with Crippen LogP contribution in [-0.2, 0) is 14.3 Å². The number of carbonyl (C=O) groups excluding carboxylic acids is 2. The molecule has 1 saturated carbocycles. The van der Waals surface area contributed by atoms with Gasteiger partial charge in [-0.1, -0.05) is 69.2 Å². The van der Waals surface area contributed by atoms with Crippen LogP contribution in [0.1, 0.15) is 98.8 Å². The van der Waals surface area contributed by atoms with Crippen LogP contribution in [0.15, 0.2) is 70.9 Å². The van der Waals surface area contributed by atoms with E-state index in [0.717, 1.165) is 12.0 Å². The molecule has 0 spiro atoms. The highest BCUT2D eigenvalue weighted by atomic mass is 16.5. The summed E-state index contributed by atoms with van der Waals surface area (Å²) >= 11 is 0. The Labute approximate surface area is 243 Å². The molecular formula is C35H53NO4. The lowest BCUT2D eigenvalue weighted by Gasteiger charge is -2.34. The van der Waals surface area contributed by atoms with Crippen molar-refractivity contribution in [2.75, 3.05) is 26.3 Å². The fraction of sp³-hybridized carbons (Fsp3) is 0.600. The zero-order chi connectivity index (χ0) is 29.5. The Bertz CT molecular complexity index is 1020. The summed E-state index contributed by atoms with van der Waals surface area (Å²) < 4.78 is 5.34. The van der Waals surface area contributed by atoms with E-state index in [4.69, 9.17) is 4.74 Å². The Morgan fingerprint density at radius 1 is 1.05 bits per heavy atom. The van der Waals surface area contributed by atoms with Crippen LogP contribution in [0.5, 0.6) is 0 Å². The minimum atomic E-state index is -1.33. The number of hydrogen-bond donors (Lipinski definition) is 1. The molecule has 40 heavy (non-hydrogen) atoms. The number of amides is 1. The molecule has 2 aliphatic rings. The lowest BCUT2D eigenvalue weighted by Crippen LogP contribution is -2.52. The van der Waals surface area contributed by atoms with Crippen LogP contribution in [0.25, 0.3) is 0 Å². The van der Waals surface area contributed by atoms with Gasteiger partial charge in [-0.15, -0.1) is 0 Å². The van der Waals surface area contributed by atoms with Crippen LogP contribution in [0, 0.1) is 5.92 Å². The molecule has 5 nitrogen and oxygen atoms in total. The number of nitrogens with zero attached hydrogens (tertiary/aromatic N) is 1. The summed E-state index contributed by atoms with van der Waals surface area (Å²) in [7, 11) is 0. The van der Waals surface area contributed by atoms with E-state index in [2.05, 4.69) is 45.6 Å². The summed E-state index contributed by atoms with van der Waals surface area (Å²) in [6, 6.07) is 0. The molecule has 222 valence electrons. The summed E-state index contributed by atoms with van der Waals surface area (Å²) in [4.78, 5) is 26.2. The number of carbonyl (C=O) groups is 2. The Morgan fingerprint density at radius 3 is 2.33 bits per heavy atom. The monoisotopic (exact) mass is 551 g/mol. The molecule has 1 aliphatic heterocycles. The Hall–Kier alpha value is -2.50. The lowest BCUT2D eigenvalue weighted by atomic mass is 9.76. The van der Waals surface area contributed by atoms with Crippen molar-refractivity contribution in [3.63, 3.8) is 0 Å². The summed E-state index contributed by atoms with van der Waals surface area (Å²) in [5, 5.41) is 11.0. The predicted molar refractivity (Wildman–Crippen MR) is 166 cm³/mol. The first-order chi connectivity index (χ1) is 19.1. The van der Waals surface area contributed by atoms with Crippen LogP contribution in [-0.4, -0.2) is 53.6 Å². The van der Waals surface area contributed by atoms with Crippen molar-refractivity contribution in [1.29, 1.82) is 0 Å². The molecular weight excluding hydrogens is 498 g/mol. The summed E-state index contributed by atoms with van der Waals surface area (Å²) in [5.41, 5.74) is 4.76. The van der Waals surface area contributed by atoms with Crippen molar-refractivity contribution in [2.24, 2.45) is 5.92 Å². The van der Waals surface area contributed by atoms with E-state index in [1.54, 1.807) is 11.8 Å². The molecule has 0 aromatic carbocycles. The standard InChI is InChI=1S/C35H53NO4/c1-7-27(3)32(21-16-18-29(5)37)33(31-19-13-11-14-20-31)30(6)28(4)17-12-9-10-15-22-35(39,8-2)34(38)36-23-25-40-26-24-36/h7,9-10,12,17,21,31,39H,4,8,11,13-16,18-20,22-26H2,1-3,5-6H3/b10-9-,17-12-,27-7-,32-21+,33-30+. The van der Waals surface area contributed by atoms with Crippen LogP contribution < -0.4 is 0 Å². The normalized spacial score (nSPS) is 20.1.